The van der Waals surface area contributed by atoms with Gasteiger partial charge in [-0.05, 0) is 79.1 Å². The van der Waals surface area contributed by atoms with Gasteiger partial charge in [0.1, 0.15) is 35.7 Å². The van der Waals surface area contributed by atoms with Crippen LogP contribution >= 0.6 is 11.6 Å². The molecule has 3 aromatic carbocycles. The average molecular weight is 510 g/mol. The molecule has 2 N–H and O–H groups in total. The summed E-state index contributed by atoms with van der Waals surface area (Å²) < 4.78 is 25.2. The zero-order chi connectivity index (χ0) is 25.2. The number of aromatic hydroxyl groups is 2. The predicted octanol–water partition coefficient (Wildman–Crippen LogP) is 6.49. The third-order valence-electron chi connectivity index (χ3n) is 6.98. The first-order chi connectivity index (χ1) is 17.4. The van der Waals surface area contributed by atoms with Crippen LogP contribution in [0.2, 0.25) is 5.02 Å². The van der Waals surface area contributed by atoms with Crippen molar-refractivity contribution < 1.29 is 24.1 Å². The van der Waals surface area contributed by atoms with Gasteiger partial charge < -0.3 is 19.7 Å². The normalized spacial score (nSPS) is 19.8. The maximum absolute atomic E-state index is 12.8. The fourth-order valence-electron chi connectivity index (χ4n) is 5.00. The van der Waals surface area contributed by atoms with Gasteiger partial charge >= 0.3 is 0 Å². The molecule has 0 aliphatic carbocycles. The summed E-state index contributed by atoms with van der Waals surface area (Å²) >= 11 is 6.06. The molecule has 2 heterocycles. The second-order valence-corrected chi connectivity index (χ2v) is 9.82. The Bertz CT molecular complexity index is 1280. The van der Waals surface area contributed by atoms with Crippen molar-refractivity contribution >= 4 is 22.7 Å². The number of ether oxygens (including phenoxy) is 2. The topological polar surface area (TPSA) is 62.2 Å². The van der Waals surface area contributed by atoms with Crippen molar-refractivity contribution in [2.45, 2.75) is 19.4 Å². The molecule has 1 saturated heterocycles. The molecule has 2 atom stereocenters. The molecule has 7 heteroatoms. The lowest BCUT2D eigenvalue weighted by molar-refractivity contribution is 0.228. The summed E-state index contributed by atoms with van der Waals surface area (Å²) in [4.78, 5) is 2.24. The van der Waals surface area contributed by atoms with E-state index in [0.29, 0.717) is 12.4 Å². The third-order valence-corrected chi connectivity index (χ3v) is 7.30. The Morgan fingerprint density at radius 2 is 1.89 bits per heavy atom. The average Bonchev–Trinajstić information content (AvgIpc) is 3.35. The third kappa shape index (κ3) is 5.01. The summed E-state index contributed by atoms with van der Waals surface area (Å²) in [5.74, 6) is 1.74. The van der Waals surface area contributed by atoms with Crippen LogP contribution in [-0.2, 0) is 0 Å². The van der Waals surface area contributed by atoms with Gasteiger partial charge in [-0.25, -0.2) is 0 Å². The van der Waals surface area contributed by atoms with Crippen LogP contribution < -0.4 is 9.47 Å². The van der Waals surface area contributed by atoms with Gasteiger partial charge in [-0.3, -0.25) is 9.29 Å². The SMILES string of the molecule is CC1=C(c2ccc(Cl)c(O)c2)C(c2ccc(OCCN3CC[C@@H](CF)C3)cc2)Oc2ccc(O)cc21. The first-order valence-electron chi connectivity index (χ1n) is 12.1. The van der Waals surface area contributed by atoms with E-state index in [1.54, 1.807) is 30.3 Å². The van der Waals surface area contributed by atoms with Gasteiger partial charge in [-0.15, -0.1) is 0 Å². The quantitative estimate of drug-likeness (QED) is 0.381. The highest BCUT2D eigenvalue weighted by atomic mass is 35.5. The van der Waals surface area contributed by atoms with Crippen molar-refractivity contribution in [1.82, 2.24) is 4.90 Å². The van der Waals surface area contributed by atoms with Crippen molar-refractivity contribution in [1.29, 1.82) is 0 Å². The van der Waals surface area contributed by atoms with Gasteiger partial charge in [-0.1, -0.05) is 29.8 Å². The number of nitrogens with zero attached hydrogens (tertiary/aromatic N) is 1. The summed E-state index contributed by atoms with van der Waals surface area (Å²) in [6.45, 7) is 4.77. The van der Waals surface area contributed by atoms with E-state index in [-0.39, 0.29) is 29.1 Å². The van der Waals surface area contributed by atoms with Crippen LogP contribution in [0.1, 0.15) is 36.1 Å². The first kappa shape index (κ1) is 24.5. The lowest BCUT2D eigenvalue weighted by Crippen LogP contribution is -2.26. The predicted molar refractivity (Wildman–Crippen MR) is 140 cm³/mol. The largest absolute Gasteiger partial charge is 0.508 e. The molecule has 2 aliphatic rings. The Labute approximate surface area is 215 Å². The molecule has 0 saturated carbocycles. The molecule has 1 fully saturated rings. The smallest absolute Gasteiger partial charge is 0.150 e. The molecular weight excluding hydrogens is 481 g/mol. The lowest BCUT2D eigenvalue weighted by Gasteiger charge is -2.31. The van der Waals surface area contributed by atoms with E-state index in [2.05, 4.69) is 4.90 Å². The first-order valence-corrected chi connectivity index (χ1v) is 12.5. The number of allylic oxidation sites excluding steroid dienone is 1. The monoisotopic (exact) mass is 509 g/mol. The summed E-state index contributed by atoms with van der Waals surface area (Å²) in [6.07, 6.45) is 0.481. The van der Waals surface area contributed by atoms with Gasteiger partial charge in [0.2, 0.25) is 0 Å². The van der Waals surface area contributed by atoms with Crippen LogP contribution in [0.4, 0.5) is 4.39 Å². The molecule has 36 heavy (non-hydrogen) atoms. The molecule has 0 spiro atoms. The van der Waals surface area contributed by atoms with E-state index in [4.69, 9.17) is 21.1 Å². The minimum absolute atomic E-state index is 0.00509. The molecule has 0 radical (unpaired) electrons. The number of halogens is 2. The van der Waals surface area contributed by atoms with Crippen LogP contribution in [0.15, 0.2) is 60.7 Å². The Balaban J connectivity index is 1.38. The number of fused-ring (bicyclic) bond motifs is 1. The van der Waals surface area contributed by atoms with Gasteiger partial charge in [0.15, 0.2) is 0 Å². The van der Waals surface area contributed by atoms with Gasteiger partial charge in [0, 0.05) is 30.1 Å². The van der Waals surface area contributed by atoms with Crippen LogP contribution in [-0.4, -0.2) is 48.0 Å². The van der Waals surface area contributed by atoms with Crippen molar-refractivity contribution in [3.63, 3.8) is 0 Å². The molecule has 0 bridgehead atoms. The number of phenols is 2. The number of alkyl halides is 1. The summed E-state index contributed by atoms with van der Waals surface area (Å²) in [5, 5.41) is 20.6. The van der Waals surface area contributed by atoms with Crippen LogP contribution in [0.5, 0.6) is 23.0 Å². The molecule has 2 aliphatic heterocycles. The summed E-state index contributed by atoms with van der Waals surface area (Å²) in [6, 6.07) is 18.0. The van der Waals surface area contributed by atoms with E-state index >= 15 is 0 Å². The van der Waals surface area contributed by atoms with Crippen LogP contribution in [0.25, 0.3) is 11.1 Å². The maximum atomic E-state index is 12.8. The van der Waals surface area contributed by atoms with E-state index in [0.717, 1.165) is 59.6 Å². The van der Waals surface area contributed by atoms with Gasteiger partial charge in [-0.2, -0.15) is 0 Å². The number of hydrogen-bond acceptors (Lipinski definition) is 5. The Kier molecular flexibility index (Phi) is 7.08. The Morgan fingerprint density at radius 3 is 2.61 bits per heavy atom. The molecule has 3 aromatic rings. The van der Waals surface area contributed by atoms with Crippen molar-refractivity contribution in [2.75, 3.05) is 32.9 Å². The standard InChI is InChI=1S/C29H29ClFNO4/c1-18-24-15-22(33)5-9-27(24)36-29(28(18)21-4-8-25(30)26(34)14-21)20-2-6-23(7-3-20)35-13-12-32-11-10-19(16-31)17-32/h2-9,14-15,19,29,33-34H,10-13,16-17H2,1H3/t19-,29?/m0/s1. The van der Waals surface area contributed by atoms with Gasteiger partial charge in [0.05, 0.1) is 11.7 Å². The number of rotatable bonds is 7. The van der Waals surface area contributed by atoms with Crippen molar-refractivity contribution in [3.05, 3.63) is 82.4 Å². The summed E-state index contributed by atoms with van der Waals surface area (Å²) in [7, 11) is 0. The zero-order valence-corrected chi connectivity index (χ0v) is 20.8. The number of hydrogen-bond donors (Lipinski definition) is 2. The highest BCUT2D eigenvalue weighted by Gasteiger charge is 2.30. The van der Waals surface area contributed by atoms with E-state index in [9.17, 15) is 14.6 Å². The Hall–Kier alpha value is -3.22. The molecule has 5 rings (SSSR count). The second-order valence-electron chi connectivity index (χ2n) is 9.41. The zero-order valence-electron chi connectivity index (χ0n) is 20.1. The minimum atomic E-state index is -0.432. The summed E-state index contributed by atoms with van der Waals surface area (Å²) in [5.41, 5.74) is 4.33. The molecule has 0 amide bonds. The minimum Gasteiger partial charge on any atom is -0.508 e. The fraction of sp³-hybridized carbons (Fsp3) is 0.310. The number of phenolic OH excluding ortho intramolecular Hbond substituents is 2. The van der Waals surface area contributed by atoms with E-state index in [1.807, 2.05) is 37.3 Å². The fourth-order valence-corrected chi connectivity index (χ4v) is 5.12. The van der Waals surface area contributed by atoms with Crippen LogP contribution in [0.3, 0.4) is 0 Å². The molecular formula is C29H29ClFNO4. The molecule has 0 aromatic heterocycles. The number of benzene rings is 3. The second kappa shape index (κ2) is 10.4. The molecule has 1 unspecified atom stereocenters. The van der Waals surface area contributed by atoms with E-state index < -0.39 is 6.10 Å². The number of likely N-dealkylation sites (tertiary alicyclic amines) is 1. The molecule has 188 valence electrons. The Morgan fingerprint density at radius 1 is 1.08 bits per heavy atom. The maximum Gasteiger partial charge on any atom is 0.150 e. The highest BCUT2D eigenvalue weighted by molar-refractivity contribution is 6.32. The van der Waals surface area contributed by atoms with Crippen molar-refractivity contribution in [3.8, 4) is 23.0 Å². The van der Waals surface area contributed by atoms with Crippen molar-refractivity contribution in [2.24, 2.45) is 5.92 Å². The molecule has 5 nitrogen and oxygen atoms in total. The highest BCUT2D eigenvalue weighted by Crippen LogP contribution is 2.48. The van der Waals surface area contributed by atoms with Gasteiger partial charge in [0.25, 0.3) is 0 Å². The van der Waals surface area contributed by atoms with Crippen LogP contribution in [0, 0.1) is 5.92 Å². The van der Waals surface area contributed by atoms with E-state index in [1.165, 1.54) is 0 Å². The lowest BCUT2D eigenvalue weighted by atomic mass is 9.86.